The van der Waals surface area contributed by atoms with Crippen LogP contribution in [-0.2, 0) is 5.41 Å². The van der Waals surface area contributed by atoms with Crippen molar-refractivity contribution >= 4 is 27.8 Å². The van der Waals surface area contributed by atoms with Gasteiger partial charge in [0.15, 0.2) is 0 Å². The van der Waals surface area contributed by atoms with Crippen LogP contribution in [0.3, 0.4) is 0 Å². The van der Waals surface area contributed by atoms with E-state index in [2.05, 4.69) is 183 Å². The Labute approximate surface area is 259 Å². The zero-order chi connectivity index (χ0) is 29.7. The van der Waals surface area contributed by atoms with Gasteiger partial charge in [-0.25, -0.2) is 0 Å². The summed E-state index contributed by atoms with van der Waals surface area (Å²) in [6, 6.07) is 59.5. The van der Waals surface area contributed by atoms with Crippen molar-refractivity contribution in [2.75, 3.05) is 4.90 Å². The molecule has 8 rings (SSSR count). The van der Waals surface area contributed by atoms with Gasteiger partial charge >= 0.3 is 0 Å². The fraction of sp³-hybridized carbons (Fsp3) is 0.0698. The molecule has 1 nitrogen and oxygen atoms in total. The number of fused-ring (bicyclic) bond motifs is 5. The second-order valence-electron chi connectivity index (χ2n) is 12.2. The summed E-state index contributed by atoms with van der Waals surface area (Å²) in [7, 11) is 0. The third-order valence-electron chi connectivity index (χ3n) is 9.23. The third kappa shape index (κ3) is 4.24. The minimum Gasteiger partial charge on any atom is -0.310 e. The lowest BCUT2D eigenvalue weighted by molar-refractivity contribution is 0.666. The Balaban J connectivity index is 1.38. The molecule has 0 bridgehead atoms. The molecule has 0 fully saturated rings. The summed E-state index contributed by atoms with van der Waals surface area (Å²) >= 11 is 0. The van der Waals surface area contributed by atoms with E-state index in [9.17, 15) is 0 Å². The highest BCUT2D eigenvalue weighted by Gasteiger charge is 2.38. The second kappa shape index (κ2) is 10.4. The van der Waals surface area contributed by atoms with Crippen LogP contribution >= 0.6 is 0 Å². The third-order valence-corrected chi connectivity index (χ3v) is 9.23. The molecule has 7 aromatic rings. The van der Waals surface area contributed by atoms with Crippen molar-refractivity contribution in [1.29, 1.82) is 0 Å². The average molecular weight is 564 g/mol. The summed E-state index contributed by atoms with van der Waals surface area (Å²) in [5, 5.41) is 2.63. The molecule has 0 heterocycles. The molecule has 0 aliphatic heterocycles. The molecule has 0 spiro atoms. The molecule has 7 aromatic carbocycles. The first kappa shape index (κ1) is 26.2. The van der Waals surface area contributed by atoms with Crippen molar-refractivity contribution in [3.8, 4) is 33.4 Å². The van der Waals surface area contributed by atoms with Crippen molar-refractivity contribution in [3.05, 3.63) is 175 Å². The van der Waals surface area contributed by atoms with E-state index in [1.54, 1.807) is 0 Å². The Bertz CT molecular complexity index is 2110. The topological polar surface area (TPSA) is 3.24 Å². The van der Waals surface area contributed by atoms with Crippen LogP contribution in [0.2, 0.25) is 0 Å². The van der Waals surface area contributed by atoms with Gasteiger partial charge in [0.2, 0.25) is 0 Å². The van der Waals surface area contributed by atoms with Crippen LogP contribution in [0.4, 0.5) is 17.1 Å². The van der Waals surface area contributed by atoms with Gasteiger partial charge in [0.1, 0.15) is 0 Å². The fourth-order valence-electron chi connectivity index (χ4n) is 7.10. The van der Waals surface area contributed by atoms with E-state index in [0.717, 1.165) is 11.4 Å². The van der Waals surface area contributed by atoms with Gasteiger partial charge in [-0.3, -0.25) is 0 Å². The van der Waals surface area contributed by atoms with Gasteiger partial charge in [0.05, 0.1) is 5.69 Å². The van der Waals surface area contributed by atoms with E-state index in [1.807, 2.05) is 0 Å². The van der Waals surface area contributed by atoms with Crippen LogP contribution in [0.5, 0.6) is 0 Å². The monoisotopic (exact) mass is 563 g/mol. The summed E-state index contributed by atoms with van der Waals surface area (Å²) in [6.45, 7) is 4.77. The van der Waals surface area contributed by atoms with Crippen LogP contribution in [0, 0.1) is 0 Å². The predicted molar refractivity (Wildman–Crippen MR) is 187 cm³/mol. The first-order valence-corrected chi connectivity index (χ1v) is 15.4. The molecule has 44 heavy (non-hydrogen) atoms. The normalized spacial score (nSPS) is 13.0. The van der Waals surface area contributed by atoms with Crippen molar-refractivity contribution in [3.63, 3.8) is 0 Å². The van der Waals surface area contributed by atoms with E-state index >= 15 is 0 Å². The first-order chi connectivity index (χ1) is 21.6. The number of benzene rings is 7. The van der Waals surface area contributed by atoms with E-state index < -0.39 is 0 Å². The molecule has 0 atom stereocenters. The highest BCUT2D eigenvalue weighted by molar-refractivity contribution is 6.00. The molecular weight excluding hydrogens is 530 g/mol. The molecule has 0 saturated heterocycles. The largest absolute Gasteiger partial charge is 0.310 e. The van der Waals surface area contributed by atoms with Crippen LogP contribution < -0.4 is 4.90 Å². The molecule has 210 valence electrons. The van der Waals surface area contributed by atoms with Gasteiger partial charge in [-0.1, -0.05) is 141 Å². The van der Waals surface area contributed by atoms with E-state index in [-0.39, 0.29) is 5.41 Å². The van der Waals surface area contributed by atoms with Gasteiger partial charge in [-0.15, -0.1) is 0 Å². The summed E-state index contributed by atoms with van der Waals surface area (Å²) < 4.78 is 0. The molecule has 0 saturated carbocycles. The van der Waals surface area contributed by atoms with Gasteiger partial charge in [-0.05, 0) is 86.1 Å². The standard InChI is InChI=1S/C43H33N/c1-43(2)40-29-41(44(34-19-10-5-11-20-34)35-25-22-31(23-26-35)30-14-6-3-7-15-30)38(32-16-8-4-9-17-32)28-39(40)37-27-24-33-18-12-13-21-36(33)42(37)43/h3-29H,1-2H3. The number of rotatable bonds is 5. The Morgan fingerprint density at radius 3 is 1.70 bits per heavy atom. The zero-order valence-corrected chi connectivity index (χ0v) is 25.0. The molecule has 0 aromatic heterocycles. The fourth-order valence-corrected chi connectivity index (χ4v) is 7.10. The number of hydrogen-bond acceptors (Lipinski definition) is 1. The Morgan fingerprint density at radius 2 is 1.00 bits per heavy atom. The minimum atomic E-state index is -0.158. The van der Waals surface area contributed by atoms with Crippen molar-refractivity contribution in [2.24, 2.45) is 0 Å². The molecule has 0 N–H and O–H groups in total. The predicted octanol–water partition coefficient (Wildman–Crippen LogP) is 11.9. The summed E-state index contributed by atoms with van der Waals surface area (Å²) in [5.74, 6) is 0. The highest BCUT2D eigenvalue weighted by Crippen LogP contribution is 2.55. The SMILES string of the molecule is CC1(C)c2cc(N(c3ccccc3)c3ccc(-c4ccccc4)cc3)c(-c3ccccc3)cc2-c2ccc3ccccc3c21. The van der Waals surface area contributed by atoms with Gasteiger partial charge in [0.25, 0.3) is 0 Å². The zero-order valence-electron chi connectivity index (χ0n) is 25.0. The maximum Gasteiger partial charge on any atom is 0.0543 e. The first-order valence-electron chi connectivity index (χ1n) is 15.4. The maximum absolute atomic E-state index is 2.46. The highest BCUT2D eigenvalue weighted by atomic mass is 15.1. The van der Waals surface area contributed by atoms with E-state index in [4.69, 9.17) is 0 Å². The molecule has 1 aliphatic carbocycles. The van der Waals surface area contributed by atoms with E-state index in [0.29, 0.717) is 0 Å². The lowest BCUT2D eigenvalue weighted by Crippen LogP contribution is -2.17. The summed E-state index contributed by atoms with van der Waals surface area (Å²) in [6.07, 6.45) is 0. The smallest absolute Gasteiger partial charge is 0.0543 e. The molecule has 0 radical (unpaired) electrons. The average Bonchev–Trinajstić information content (AvgIpc) is 3.32. The summed E-state index contributed by atoms with van der Waals surface area (Å²) in [4.78, 5) is 2.43. The second-order valence-corrected chi connectivity index (χ2v) is 12.2. The van der Waals surface area contributed by atoms with Crippen LogP contribution in [0.15, 0.2) is 164 Å². The molecule has 1 heteroatoms. The van der Waals surface area contributed by atoms with E-state index in [1.165, 1.54) is 61.0 Å². The Hall–Kier alpha value is -5.40. The Morgan fingerprint density at radius 1 is 0.432 bits per heavy atom. The van der Waals surface area contributed by atoms with Crippen LogP contribution in [0.1, 0.15) is 25.0 Å². The number of hydrogen-bond donors (Lipinski definition) is 0. The maximum atomic E-state index is 2.46. The van der Waals surface area contributed by atoms with Crippen LogP contribution in [-0.4, -0.2) is 0 Å². The quantitative estimate of drug-likeness (QED) is 0.201. The number of para-hydroxylation sites is 1. The number of nitrogens with zero attached hydrogens (tertiary/aromatic N) is 1. The van der Waals surface area contributed by atoms with Crippen molar-refractivity contribution in [2.45, 2.75) is 19.3 Å². The molecular formula is C43H33N. The van der Waals surface area contributed by atoms with Gasteiger partial charge in [-0.2, -0.15) is 0 Å². The lowest BCUT2D eigenvalue weighted by Gasteiger charge is -2.30. The Kier molecular flexibility index (Phi) is 6.20. The summed E-state index contributed by atoms with van der Waals surface area (Å²) in [5.41, 5.74) is 13.6. The molecule has 1 aliphatic rings. The van der Waals surface area contributed by atoms with Crippen molar-refractivity contribution in [1.82, 2.24) is 0 Å². The van der Waals surface area contributed by atoms with Gasteiger partial charge < -0.3 is 4.90 Å². The molecule has 0 amide bonds. The number of anilines is 3. The van der Waals surface area contributed by atoms with Crippen LogP contribution in [0.25, 0.3) is 44.2 Å². The molecule has 0 unspecified atom stereocenters. The van der Waals surface area contributed by atoms with Gasteiger partial charge in [0, 0.05) is 22.4 Å². The van der Waals surface area contributed by atoms with Crippen molar-refractivity contribution < 1.29 is 0 Å². The minimum absolute atomic E-state index is 0.158. The lowest BCUT2D eigenvalue weighted by atomic mass is 9.79.